The first-order valence-electron chi connectivity index (χ1n) is 7.97. The predicted molar refractivity (Wildman–Crippen MR) is 108 cm³/mol. The van der Waals surface area contributed by atoms with Crippen LogP contribution in [0.5, 0.6) is 0 Å². The lowest BCUT2D eigenvalue weighted by Gasteiger charge is -2.21. The zero-order chi connectivity index (χ0) is 20.4. The van der Waals surface area contributed by atoms with E-state index >= 15 is 0 Å². The Morgan fingerprint density at radius 2 is 1.61 bits per heavy atom. The van der Waals surface area contributed by atoms with Gasteiger partial charge in [-0.1, -0.05) is 30.3 Å². The topological polar surface area (TPSA) is 115 Å². The van der Waals surface area contributed by atoms with Gasteiger partial charge in [0.1, 0.15) is 4.88 Å². The summed E-state index contributed by atoms with van der Waals surface area (Å²) in [6.45, 7) is 1.76. The van der Waals surface area contributed by atoms with Crippen molar-refractivity contribution < 1.29 is 28.6 Å². The van der Waals surface area contributed by atoms with Gasteiger partial charge in [-0.05, 0) is 42.3 Å². The molecular weight excluding hydrogens is 402 g/mol. The molecular formula is C19H15NO6S2. The molecule has 0 aliphatic heterocycles. The fourth-order valence-electron chi connectivity index (χ4n) is 2.69. The standard InChI is InChI=1S/C19H15NO6S2/c1-11-4-2-3-5-14(11)20(28(25)26)15-10-16(27-17(15)19(23)24)12-6-8-13(9-7-12)18(21)22/h2-10H,1H3,(H,21,22)(H,23,24)(H,25,26). The number of aryl methyl sites for hydroxylation is 1. The highest BCUT2D eigenvalue weighted by atomic mass is 32.2. The first-order chi connectivity index (χ1) is 13.3. The highest BCUT2D eigenvalue weighted by Crippen LogP contribution is 2.41. The molecule has 1 aromatic heterocycles. The van der Waals surface area contributed by atoms with Crippen LogP contribution in [0.3, 0.4) is 0 Å². The fraction of sp³-hybridized carbons (Fsp3) is 0.0526. The molecule has 0 aliphatic rings. The van der Waals surface area contributed by atoms with E-state index in [1.54, 1.807) is 43.3 Å². The molecule has 1 unspecified atom stereocenters. The van der Waals surface area contributed by atoms with Crippen LogP contribution in [0.4, 0.5) is 11.4 Å². The Balaban J connectivity index is 2.14. The maximum Gasteiger partial charge on any atom is 0.348 e. The quantitative estimate of drug-likeness (QED) is 0.512. The van der Waals surface area contributed by atoms with Crippen molar-refractivity contribution in [3.63, 3.8) is 0 Å². The Hall–Kier alpha value is -3.01. The third-order valence-corrected chi connectivity index (χ3v) is 5.90. The number of nitrogens with zero attached hydrogens (tertiary/aromatic N) is 1. The van der Waals surface area contributed by atoms with Crippen LogP contribution in [0.1, 0.15) is 25.6 Å². The van der Waals surface area contributed by atoms with E-state index in [-0.39, 0.29) is 16.1 Å². The number of benzene rings is 2. The second-order valence-electron chi connectivity index (χ2n) is 5.82. The molecule has 0 bridgehead atoms. The maximum absolute atomic E-state index is 12.1. The van der Waals surface area contributed by atoms with E-state index in [2.05, 4.69) is 0 Å². The van der Waals surface area contributed by atoms with Crippen molar-refractivity contribution in [3.8, 4) is 10.4 Å². The number of carboxylic acids is 2. The molecule has 0 saturated heterocycles. The molecule has 0 spiro atoms. The highest BCUT2D eigenvalue weighted by Gasteiger charge is 2.26. The van der Waals surface area contributed by atoms with Gasteiger partial charge in [-0.3, -0.25) is 4.55 Å². The number of para-hydroxylation sites is 1. The normalized spacial score (nSPS) is 11.8. The van der Waals surface area contributed by atoms with Crippen LogP contribution in [0.2, 0.25) is 0 Å². The molecule has 0 aliphatic carbocycles. The van der Waals surface area contributed by atoms with Crippen molar-refractivity contribution in [2.45, 2.75) is 6.92 Å². The molecule has 7 nitrogen and oxygen atoms in total. The Bertz CT molecular complexity index is 1070. The highest BCUT2D eigenvalue weighted by molar-refractivity contribution is 7.81. The third-order valence-electron chi connectivity index (χ3n) is 4.03. The van der Waals surface area contributed by atoms with Gasteiger partial charge in [-0.25, -0.2) is 18.1 Å². The number of aromatic carboxylic acids is 2. The van der Waals surface area contributed by atoms with Crippen LogP contribution in [0, 0.1) is 6.92 Å². The molecule has 1 atom stereocenters. The first-order valence-corrected chi connectivity index (χ1v) is 9.85. The fourth-order valence-corrected chi connectivity index (χ4v) is 4.42. The lowest BCUT2D eigenvalue weighted by atomic mass is 10.1. The van der Waals surface area contributed by atoms with E-state index in [1.807, 2.05) is 0 Å². The monoisotopic (exact) mass is 417 g/mol. The minimum atomic E-state index is -2.50. The summed E-state index contributed by atoms with van der Waals surface area (Å²) in [7, 11) is 0. The number of hydrogen-bond acceptors (Lipinski definition) is 4. The molecule has 28 heavy (non-hydrogen) atoms. The average Bonchev–Trinajstić information content (AvgIpc) is 3.08. The van der Waals surface area contributed by atoms with Crippen LogP contribution in [-0.2, 0) is 11.3 Å². The minimum absolute atomic E-state index is 0.0879. The molecule has 1 heterocycles. The second kappa shape index (κ2) is 7.93. The van der Waals surface area contributed by atoms with Crippen molar-refractivity contribution in [1.82, 2.24) is 0 Å². The van der Waals surface area contributed by atoms with E-state index in [4.69, 9.17) is 5.11 Å². The Labute approximate surface area is 166 Å². The van der Waals surface area contributed by atoms with Gasteiger partial charge in [0, 0.05) is 4.88 Å². The molecule has 3 rings (SSSR count). The molecule has 144 valence electrons. The Morgan fingerprint density at radius 3 is 2.14 bits per heavy atom. The van der Waals surface area contributed by atoms with E-state index in [0.29, 0.717) is 21.7 Å². The summed E-state index contributed by atoms with van der Waals surface area (Å²) in [6.07, 6.45) is 0. The van der Waals surface area contributed by atoms with Gasteiger partial charge in [0.2, 0.25) is 0 Å². The van der Waals surface area contributed by atoms with Crippen molar-refractivity contribution in [1.29, 1.82) is 0 Å². The van der Waals surface area contributed by atoms with Crippen molar-refractivity contribution >= 4 is 45.9 Å². The summed E-state index contributed by atoms with van der Waals surface area (Å²) in [5, 5.41) is 18.6. The summed E-state index contributed by atoms with van der Waals surface area (Å²) in [6, 6.07) is 14.4. The number of carboxylic acid groups (broad SMARTS) is 2. The summed E-state index contributed by atoms with van der Waals surface area (Å²) >= 11 is -1.55. The maximum atomic E-state index is 12.1. The SMILES string of the molecule is Cc1ccccc1N(c1cc(-c2ccc(C(=O)O)cc2)sc1C(=O)O)S(=O)O. The zero-order valence-electron chi connectivity index (χ0n) is 14.5. The summed E-state index contributed by atoms with van der Waals surface area (Å²) in [5.74, 6) is -2.29. The largest absolute Gasteiger partial charge is 0.478 e. The first kappa shape index (κ1) is 19.7. The number of rotatable bonds is 6. The second-order valence-corrected chi connectivity index (χ2v) is 7.70. The number of hydrogen-bond donors (Lipinski definition) is 3. The van der Waals surface area contributed by atoms with Crippen LogP contribution in [0.25, 0.3) is 10.4 Å². The molecule has 0 radical (unpaired) electrons. The van der Waals surface area contributed by atoms with Gasteiger partial charge in [0.05, 0.1) is 16.9 Å². The molecule has 3 N–H and O–H groups in total. The average molecular weight is 417 g/mol. The van der Waals surface area contributed by atoms with Gasteiger partial charge in [0.15, 0.2) is 0 Å². The lowest BCUT2D eigenvalue weighted by molar-refractivity contribution is 0.0688. The summed E-state index contributed by atoms with van der Waals surface area (Å²) < 4.78 is 23.0. The minimum Gasteiger partial charge on any atom is -0.478 e. The zero-order valence-corrected chi connectivity index (χ0v) is 16.2. The summed E-state index contributed by atoms with van der Waals surface area (Å²) in [4.78, 5) is 23.2. The number of thiophene rings is 1. The van der Waals surface area contributed by atoms with Crippen LogP contribution in [0.15, 0.2) is 54.6 Å². The smallest absolute Gasteiger partial charge is 0.348 e. The molecule has 0 amide bonds. The van der Waals surface area contributed by atoms with Gasteiger partial charge in [-0.2, -0.15) is 0 Å². The number of carbonyl (C=O) groups is 2. The molecule has 0 fully saturated rings. The van der Waals surface area contributed by atoms with Crippen LogP contribution < -0.4 is 4.31 Å². The van der Waals surface area contributed by atoms with Gasteiger partial charge < -0.3 is 10.2 Å². The predicted octanol–water partition coefficient (Wildman–Crippen LogP) is 4.39. The molecule has 9 heteroatoms. The Kier molecular flexibility index (Phi) is 5.59. The molecule has 2 aromatic carbocycles. The van der Waals surface area contributed by atoms with E-state index in [1.165, 1.54) is 18.2 Å². The molecule has 0 saturated carbocycles. The lowest BCUT2D eigenvalue weighted by Crippen LogP contribution is -2.21. The molecule has 3 aromatic rings. The Morgan fingerprint density at radius 1 is 0.964 bits per heavy atom. The van der Waals surface area contributed by atoms with Gasteiger partial charge in [0.25, 0.3) is 11.3 Å². The van der Waals surface area contributed by atoms with Crippen LogP contribution in [-0.4, -0.2) is 30.9 Å². The summed E-state index contributed by atoms with van der Waals surface area (Å²) in [5.41, 5.74) is 1.93. The van der Waals surface area contributed by atoms with E-state index < -0.39 is 23.2 Å². The van der Waals surface area contributed by atoms with Crippen molar-refractivity contribution in [3.05, 3.63) is 70.6 Å². The van der Waals surface area contributed by atoms with Crippen LogP contribution >= 0.6 is 11.3 Å². The van der Waals surface area contributed by atoms with Crippen molar-refractivity contribution in [2.24, 2.45) is 0 Å². The van der Waals surface area contributed by atoms with Crippen molar-refractivity contribution in [2.75, 3.05) is 4.31 Å². The van der Waals surface area contributed by atoms with Gasteiger partial charge >= 0.3 is 11.9 Å². The number of anilines is 2. The van der Waals surface area contributed by atoms with E-state index in [9.17, 15) is 23.5 Å². The van der Waals surface area contributed by atoms with Gasteiger partial charge in [-0.15, -0.1) is 11.3 Å². The van der Waals surface area contributed by atoms with E-state index in [0.717, 1.165) is 15.6 Å². The third kappa shape index (κ3) is 3.81.